The molecule has 0 unspecified atom stereocenters. The summed E-state index contributed by atoms with van der Waals surface area (Å²) >= 11 is 2.69. The smallest absolute Gasteiger partial charge is 0.352 e. The first-order valence-corrected chi connectivity index (χ1v) is 7.72. The van der Waals surface area contributed by atoms with Crippen molar-refractivity contribution in [2.75, 3.05) is 11.5 Å². The van der Waals surface area contributed by atoms with Crippen molar-refractivity contribution in [3.05, 3.63) is 23.9 Å². The van der Waals surface area contributed by atoms with Gasteiger partial charge in [0.1, 0.15) is 11.1 Å². The van der Waals surface area contributed by atoms with Crippen molar-refractivity contribution >= 4 is 35.4 Å². The van der Waals surface area contributed by atoms with Crippen molar-refractivity contribution in [2.45, 2.75) is 16.6 Å². The molecule has 9 heteroatoms. The number of fused-ring (bicyclic) bond motifs is 1. The van der Waals surface area contributed by atoms with Gasteiger partial charge in [-0.3, -0.25) is 9.69 Å². The number of aliphatic hydroxyl groups is 1. The average molecular weight is 314 g/mol. The molecular formula is C11H10N2O5S2. The third-order valence-corrected chi connectivity index (χ3v) is 5.32. The lowest BCUT2D eigenvalue weighted by atomic mass is 10.1. The van der Waals surface area contributed by atoms with Crippen LogP contribution in [0.25, 0.3) is 0 Å². The zero-order chi connectivity index (χ0) is 14.3. The van der Waals surface area contributed by atoms with Crippen LogP contribution in [0.3, 0.4) is 0 Å². The summed E-state index contributed by atoms with van der Waals surface area (Å²) in [7, 11) is 0. The molecule has 0 aliphatic carbocycles. The normalized spacial score (nSPS) is 25.4. The fourth-order valence-corrected chi connectivity index (χ4v) is 4.27. The van der Waals surface area contributed by atoms with E-state index in [1.165, 1.54) is 29.9 Å². The lowest BCUT2D eigenvalue weighted by Gasteiger charge is -2.47. The van der Waals surface area contributed by atoms with Gasteiger partial charge in [0.15, 0.2) is 17.6 Å². The number of oxazole rings is 1. The highest BCUT2D eigenvalue weighted by molar-refractivity contribution is 8.01. The van der Waals surface area contributed by atoms with Crippen LogP contribution in [0.15, 0.2) is 33.4 Å². The Kier molecular flexibility index (Phi) is 3.48. The second kappa shape index (κ2) is 5.15. The highest BCUT2D eigenvalue weighted by Crippen LogP contribution is 2.41. The maximum absolute atomic E-state index is 11.6. The van der Waals surface area contributed by atoms with Gasteiger partial charge >= 0.3 is 5.97 Å². The summed E-state index contributed by atoms with van der Waals surface area (Å²) in [6, 6.07) is 0. The van der Waals surface area contributed by atoms with Crippen molar-refractivity contribution in [3.8, 4) is 0 Å². The molecule has 1 saturated heterocycles. The van der Waals surface area contributed by atoms with Gasteiger partial charge in [-0.15, -0.1) is 11.8 Å². The Morgan fingerprint density at radius 2 is 2.45 bits per heavy atom. The summed E-state index contributed by atoms with van der Waals surface area (Å²) in [5.74, 6) is -0.837. The van der Waals surface area contributed by atoms with Gasteiger partial charge in [-0.05, 0) is 5.57 Å². The van der Waals surface area contributed by atoms with E-state index in [9.17, 15) is 19.8 Å². The predicted octanol–water partition coefficient (Wildman–Crippen LogP) is 0.381. The van der Waals surface area contributed by atoms with Gasteiger partial charge in [0.05, 0.1) is 6.20 Å². The fourth-order valence-electron chi connectivity index (χ4n) is 2.07. The third kappa shape index (κ3) is 2.11. The molecule has 1 amide bonds. The molecule has 2 aliphatic rings. The number of carbonyl (C=O) groups excluding carboxylic acids is 1. The van der Waals surface area contributed by atoms with E-state index >= 15 is 0 Å². The Morgan fingerprint density at radius 3 is 3.10 bits per heavy atom. The molecule has 2 atom stereocenters. The first kappa shape index (κ1) is 13.5. The zero-order valence-corrected chi connectivity index (χ0v) is 11.7. The van der Waals surface area contributed by atoms with E-state index in [0.717, 1.165) is 4.90 Å². The highest BCUT2D eigenvalue weighted by Gasteiger charge is 2.52. The maximum Gasteiger partial charge on any atom is 0.352 e. The van der Waals surface area contributed by atoms with Gasteiger partial charge in [-0.1, -0.05) is 11.8 Å². The van der Waals surface area contributed by atoms with E-state index < -0.39 is 23.4 Å². The second-order valence-electron chi connectivity index (χ2n) is 4.22. The summed E-state index contributed by atoms with van der Waals surface area (Å²) < 4.78 is 5.07. The minimum Gasteiger partial charge on any atom is -0.477 e. The van der Waals surface area contributed by atoms with E-state index in [2.05, 4.69) is 4.98 Å². The zero-order valence-electron chi connectivity index (χ0n) is 10.1. The van der Waals surface area contributed by atoms with Gasteiger partial charge in [-0.2, -0.15) is 0 Å². The third-order valence-electron chi connectivity index (χ3n) is 3.02. The van der Waals surface area contributed by atoms with Crippen LogP contribution in [0.1, 0.15) is 0 Å². The number of carboxylic acid groups (broad SMARTS) is 1. The van der Waals surface area contributed by atoms with Gasteiger partial charge < -0.3 is 14.6 Å². The molecule has 2 N–H and O–H groups in total. The van der Waals surface area contributed by atoms with Crippen LogP contribution in [0.5, 0.6) is 0 Å². The Labute approximate surface area is 122 Å². The molecule has 1 aromatic rings. The molecule has 1 fully saturated rings. The van der Waals surface area contributed by atoms with E-state index in [-0.39, 0.29) is 5.70 Å². The first-order chi connectivity index (χ1) is 9.59. The van der Waals surface area contributed by atoms with Gasteiger partial charge in [-0.25, -0.2) is 9.78 Å². The molecule has 0 aromatic carbocycles. The van der Waals surface area contributed by atoms with E-state index in [1.807, 2.05) is 0 Å². The molecule has 0 radical (unpaired) electrons. The number of hydrogen-bond acceptors (Lipinski definition) is 7. The van der Waals surface area contributed by atoms with Gasteiger partial charge in [0.25, 0.3) is 5.91 Å². The lowest BCUT2D eigenvalue weighted by molar-refractivity contribution is -0.159. The average Bonchev–Trinajstić information content (AvgIpc) is 2.96. The number of carboxylic acids is 1. The summed E-state index contributed by atoms with van der Waals surface area (Å²) in [5, 5.41) is 18.9. The molecule has 0 bridgehead atoms. The number of rotatable bonds is 4. The quantitative estimate of drug-likeness (QED) is 0.607. The van der Waals surface area contributed by atoms with Crippen LogP contribution in [-0.4, -0.2) is 55.0 Å². The van der Waals surface area contributed by atoms with Crippen LogP contribution >= 0.6 is 23.5 Å². The summed E-state index contributed by atoms with van der Waals surface area (Å²) in [4.78, 5) is 27.9. The molecule has 106 valence electrons. The SMILES string of the molecule is O=C(O)C1=C(CSc2cnco2)CS[C@@H]2[C@H](O)C(=O)N12. The minimum absolute atomic E-state index is 0.0175. The van der Waals surface area contributed by atoms with E-state index in [0.29, 0.717) is 22.2 Å². The largest absolute Gasteiger partial charge is 0.477 e. The molecule has 0 spiro atoms. The van der Waals surface area contributed by atoms with Crippen LogP contribution in [0.2, 0.25) is 0 Å². The summed E-state index contributed by atoms with van der Waals surface area (Å²) in [5.41, 5.74) is 0.622. The monoisotopic (exact) mass is 314 g/mol. The molecule has 2 aliphatic heterocycles. The number of hydrogen-bond donors (Lipinski definition) is 2. The lowest BCUT2D eigenvalue weighted by Crippen LogP contribution is -2.64. The molecule has 1 aromatic heterocycles. The fraction of sp³-hybridized carbons (Fsp3) is 0.364. The Hall–Kier alpha value is -1.45. The van der Waals surface area contributed by atoms with Crippen LogP contribution in [0.4, 0.5) is 0 Å². The van der Waals surface area contributed by atoms with Crippen LogP contribution < -0.4 is 0 Å². The highest BCUT2D eigenvalue weighted by atomic mass is 32.2. The number of aliphatic carboxylic acids is 1. The molecule has 20 heavy (non-hydrogen) atoms. The Balaban J connectivity index is 1.82. The van der Waals surface area contributed by atoms with Crippen molar-refractivity contribution in [3.63, 3.8) is 0 Å². The van der Waals surface area contributed by atoms with Gasteiger partial charge in [0, 0.05) is 11.5 Å². The molecule has 3 rings (SSSR count). The standard InChI is InChI=1S/C11H10N2O5S2/c14-8-9(15)13-7(11(16)17)5(3-20-10(8)13)2-19-6-1-12-4-18-6/h1,4,8,10,14H,2-3H2,(H,16,17)/t8-,10-/m1/s1. The van der Waals surface area contributed by atoms with Crippen molar-refractivity contribution in [2.24, 2.45) is 0 Å². The number of aromatic nitrogens is 1. The number of thioether (sulfide) groups is 2. The first-order valence-electron chi connectivity index (χ1n) is 5.69. The van der Waals surface area contributed by atoms with Gasteiger partial charge in [0.2, 0.25) is 0 Å². The minimum atomic E-state index is -1.15. The van der Waals surface area contributed by atoms with Crippen molar-refractivity contribution < 1.29 is 24.2 Å². The number of amides is 1. The Bertz CT molecular complexity index is 586. The Morgan fingerprint density at radius 1 is 1.65 bits per heavy atom. The number of β-lactam (4-membered cyclic amide) rings is 1. The molecule has 0 saturated carbocycles. The molecule has 3 heterocycles. The van der Waals surface area contributed by atoms with E-state index in [1.54, 1.807) is 6.20 Å². The molecule has 7 nitrogen and oxygen atoms in total. The number of nitrogens with zero attached hydrogens (tertiary/aromatic N) is 2. The van der Waals surface area contributed by atoms with Crippen molar-refractivity contribution in [1.29, 1.82) is 0 Å². The van der Waals surface area contributed by atoms with E-state index in [4.69, 9.17) is 4.42 Å². The number of carbonyl (C=O) groups is 2. The molecular weight excluding hydrogens is 304 g/mol. The second-order valence-corrected chi connectivity index (χ2v) is 6.31. The van der Waals surface area contributed by atoms with Crippen molar-refractivity contribution in [1.82, 2.24) is 9.88 Å². The predicted molar refractivity (Wildman–Crippen MR) is 71.0 cm³/mol. The topological polar surface area (TPSA) is 104 Å². The maximum atomic E-state index is 11.6. The van der Waals surface area contributed by atoms with Crippen LogP contribution in [0, 0.1) is 0 Å². The number of aliphatic hydroxyl groups excluding tert-OH is 1. The summed E-state index contributed by atoms with van der Waals surface area (Å²) in [6.07, 6.45) is 1.75. The van der Waals surface area contributed by atoms with Crippen LogP contribution in [-0.2, 0) is 9.59 Å². The summed E-state index contributed by atoms with van der Waals surface area (Å²) in [6.45, 7) is 0.